The number of piperazine rings is 1. The van der Waals surface area contributed by atoms with Crippen LogP contribution >= 0.6 is 0 Å². The molecule has 0 saturated carbocycles. The molecule has 0 spiro atoms. The van der Waals surface area contributed by atoms with Crippen molar-refractivity contribution in [3.05, 3.63) is 66.9 Å². The fourth-order valence-corrected chi connectivity index (χ4v) is 4.79. The first kappa shape index (κ1) is 23.1. The van der Waals surface area contributed by atoms with E-state index in [4.69, 9.17) is 4.98 Å². The normalized spacial score (nSPS) is 14.9. The maximum absolute atomic E-state index is 12.2. The zero-order chi connectivity index (χ0) is 24.6. The standard InChI is InChI=1S/C25H29N7O2S/c1-29-15-17-31(18-16-29)20-12-10-19(11-13-20)26-25-27-24-22(8-6-14-32(24)28-25)21-7-4-5-9-23(21)30(2)35(3,33)34/h4-14H,15-18H2,1-3H3,(H,26,28). The highest BCUT2D eigenvalue weighted by molar-refractivity contribution is 7.92. The van der Waals surface area contributed by atoms with Crippen LogP contribution in [0.3, 0.4) is 0 Å². The molecule has 35 heavy (non-hydrogen) atoms. The van der Waals surface area contributed by atoms with Crippen LogP contribution < -0.4 is 14.5 Å². The number of nitrogens with zero attached hydrogens (tertiary/aromatic N) is 6. The third-order valence-corrected chi connectivity index (χ3v) is 7.58. The second-order valence-electron chi connectivity index (χ2n) is 8.84. The third-order valence-electron chi connectivity index (χ3n) is 6.39. The van der Waals surface area contributed by atoms with Crippen molar-refractivity contribution in [3.8, 4) is 11.1 Å². The average molecular weight is 492 g/mol. The molecule has 0 amide bonds. The van der Waals surface area contributed by atoms with Gasteiger partial charge < -0.3 is 15.1 Å². The molecule has 0 radical (unpaired) electrons. The topological polar surface area (TPSA) is 86.1 Å². The lowest BCUT2D eigenvalue weighted by Gasteiger charge is -2.34. The molecule has 3 heterocycles. The Kier molecular flexibility index (Phi) is 6.08. The summed E-state index contributed by atoms with van der Waals surface area (Å²) in [6, 6.07) is 19.5. The molecule has 1 aliphatic heterocycles. The maximum atomic E-state index is 12.2. The van der Waals surface area contributed by atoms with Gasteiger partial charge in [0.1, 0.15) is 0 Å². The number of nitrogens with one attached hydrogen (secondary N) is 1. The van der Waals surface area contributed by atoms with Crippen LogP contribution in [-0.2, 0) is 10.0 Å². The first-order chi connectivity index (χ1) is 16.8. The van der Waals surface area contributed by atoms with Crippen molar-refractivity contribution in [1.82, 2.24) is 19.5 Å². The van der Waals surface area contributed by atoms with Crippen molar-refractivity contribution in [1.29, 1.82) is 0 Å². The van der Waals surface area contributed by atoms with Gasteiger partial charge in [-0.15, -0.1) is 5.10 Å². The SMILES string of the molecule is CN1CCN(c2ccc(Nc3nc4c(-c5ccccc5N(C)S(C)(=O)=O)cccn4n3)cc2)CC1. The van der Waals surface area contributed by atoms with Gasteiger partial charge in [-0.05, 0) is 49.5 Å². The predicted octanol–water partition coefficient (Wildman–Crippen LogP) is 3.29. The second-order valence-corrected chi connectivity index (χ2v) is 10.8. The molecule has 2 aromatic carbocycles. The Balaban J connectivity index is 1.43. The third kappa shape index (κ3) is 4.80. The zero-order valence-electron chi connectivity index (χ0n) is 20.1. The summed E-state index contributed by atoms with van der Waals surface area (Å²) < 4.78 is 27.4. The molecule has 2 aromatic heterocycles. The largest absolute Gasteiger partial charge is 0.369 e. The van der Waals surface area contributed by atoms with Gasteiger partial charge in [0.05, 0.1) is 11.9 Å². The molecule has 1 fully saturated rings. The molecule has 0 bridgehead atoms. The zero-order valence-corrected chi connectivity index (χ0v) is 20.9. The summed E-state index contributed by atoms with van der Waals surface area (Å²) in [6.45, 7) is 4.18. The van der Waals surface area contributed by atoms with Crippen LogP contribution in [0.15, 0.2) is 66.9 Å². The van der Waals surface area contributed by atoms with E-state index in [-0.39, 0.29) is 0 Å². The van der Waals surface area contributed by atoms with E-state index >= 15 is 0 Å². The van der Waals surface area contributed by atoms with E-state index in [1.165, 1.54) is 16.2 Å². The molecular formula is C25H29N7O2S. The minimum absolute atomic E-state index is 0.471. The number of pyridine rings is 1. The summed E-state index contributed by atoms with van der Waals surface area (Å²) in [4.78, 5) is 9.46. The van der Waals surface area contributed by atoms with Crippen LogP contribution in [0.2, 0.25) is 0 Å². The van der Waals surface area contributed by atoms with Gasteiger partial charge in [-0.1, -0.05) is 18.2 Å². The highest BCUT2D eigenvalue weighted by Crippen LogP contribution is 2.34. The predicted molar refractivity (Wildman–Crippen MR) is 141 cm³/mol. The number of fused-ring (bicyclic) bond motifs is 1. The Morgan fingerprint density at radius 3 is 2.31 bits per heavy atom. The molecule has 0 atom stereocenters. The number of sulfonamides is 1. The molecule has 1 N–H and O–H groups in total. The van der Waals surface area contributed by atoms with Crippen LogP contribution in [0.5, 0.6) is 0 Å². The van der Waals surface area contributed by atoms with Gasteiger partial charge in [-0.25, -0.2) is 12.9 Å². The minimum atomic E-state index is -3.42. The number of rotatable bonds is 6. The van der Waals surface area contributed by atoms with Crippen LogP contribution in [0, 0.1) is 0 Å². The van der Waals surface area contributed by atoms with Crippen molar-refractivity contribution < 1.29 is 8.42 Å². The van der Waals surface area contributed by atoms with Crippen LogP contribution in [0.4, 0.5) is 23.0 Å². The molecule has 0 unspecified atom stereocenters. The van der Waals surface area contributed by atoms with Gasteiger partial charge in [-0.3, -0.25) is 4.31 Å². The Hall–Kier alpha value is -3.63. The lowest BCUT2D eigenvalue weighted by molar-refractivity contribution is 0.313. The van der Waals surface area contributed by atoms with Crippen molar-refractivity contribution in [2.75, 3.05) is 61.1 Å². The highest BCUT2D eigenvalue weighted by atomic mass is 32.2. The Labute approximate surface area is 205 Å². The van der Waals surface area contributed by atoms with Crippen molar-refractivity contribution in [3.63, 3.8) is 0 Å². The van der Waals surface area contributed by atoms with Gasteiger partial charge in [0, 0.05) is 61.9 Å². The van der Waals surface area contributed by atoms with Gasteiger partial charge >= 0.3 is 0 Å². The van der Waals surface area contributed by atoms with E-state index in [1.54, 1.807) is 17.6 Å². The number of para-hydroxylation sites is 1. The first-order valence-corrected chi connectivity index (χ1v) is 13.3. The minimum Gasteiger partial charge on any atom is -0.369 e. The Morgan fingerprint density at radius 1 is 0.914 bits per heavy atom. The number of likely N-dealkylation sites (N-methyl/N-ethyl adjacent to an activating group) is 1. The second kappa shape index (κ2) is 9.20. The van der Waals surface area contributed by atoms with Crippen LogP contribution in [-0.4, -0.2) is 74.4 Å². The molecule has 0 aliphatic carbocycles. The molecular weight excluding hydrogens is 462 g/mol. The van der Waals surface area contributed by atoms with E-state index in [0.29, 0.717) is 17.3 Å². The summed E-state index contributed by atoms with van der Waals surface area (Å²) >= 11 is 0. The van der Waals surface area contributed by atoms with Crippen molar-refractivity contribution in [2.45, 2.75) is 0 Å². The lowest BCUT2D eigenvalue weighted by atomic mass is 10.1. The molecule has 5 rings (SSSR count). The monoisotopic (exact) mass is 491 g/mol. The highest BCUT2D eigenvalue weighted by Gasteiger charge is 2.19. The molecule has 1 saturated heterocycles. The van der Waals surface area contributed by atoms with E-state index in [2.05, 4.69) is 39.4 Å². The maximum Gasteiger partial charge on any atom is 0.247 e. The summed E-state index contributed by atoms with van der Waals surface area (Å²) in [5, 5.41) is 7.88. The number of benzene rings is 2. The van der Waals surface area contributed by atoms with Gasteiger partial charge in [0.15, 0.2) is 5.65 Å². The summed E-state index contributed by atoms with van der Waals surface area (Å²) in [5.41, 5.74) is 4.89. The van der Waals surface area contributed by atoms with Gasteiger partial charge in [0.25, 0.3) is 0 Å². The Morgan fingerprint density at radius 2 is 1.60 bits per heavy atom. The number of anilines is 4. The molecule has 1 aliphatic rings. The molecule has 10 heteroatoms. The summed E-state index contributed by atoms with van der Waals surface area (Å²) in [5.74, 6) is 0.471. The lowest BCUT2D eigenvalue weighted by Crippen LogP contribution is -2.44. The summed E-state index contributed by atoms with van der Waals surface area (Å²) in [6.07, 6.45) is 3.02. The van der Waals surface area contributed by atoms with Gasteiger partial charge in [-0.2, -0.15) is 4.98 Å². The average Bonchev–Trinajstić information content (AvgIpc) is 3.26. The quantitative estimate of drug-likeness (QED) is 0.443. The van der Waals surface area contributed by atoms with E-state index < -0.39 is 10.0 Å². The van der Waals surface area contributed by atoms with Gasteiger partial charge in [0.2, 0.25) is 16.0 Å². The summed E-state index contributed by atoms with van der Waals surface area (Å²) in [7, 11) is 0.288. The van der Waals surface area contributed by atoms with E-state index in [0.717, 1.165) is 43.0 Å². The van der Waals surface area contributed by atoms with E-state index in [1.807, 2.05) is 48.7 Å². The first-order valence-electron chi connectivity index (χ1n) is 11.5. The molecule has 4 aromatic rings. The Bertz CT molecular complexity index is 1440. The fraction of sp³-hybridized carbons (Fsp3) is 0.280. The molecule has 182 valence electrons. The van der Waals surface area contributed by atoms with Crippen molar-refractivity contribution >= 4 is 38.7 Å². The molecule has 9 nitrogen and oxygen atoms in total. The number of hydrogen-bond acceptors (Lipinski definition) is 7. The number of aromatic nitrogens is 3. The smallest absolute Gasteiger partial charge is 0.247 e. The fourth-order valence-electron chi connectivity index (χ4n) is 4.27. The van der Waals surface area contributed by atoms with Crippen LogP contribution in [0.25, 0.3) is 16.8 Å². The van der Waals surface area contributed by atoms with E-state index in [9.17, 15) is 8.42 Å². The van der Waals surface area contributed by atoms with Crippen molar-refractivity contribution in [2.24, 2.45) is 0 Å². The van der Waals surface area contributed by atoms with Crippen LogP contribution in [0.1, 0.15) is 0 Å². The number of hydrogen-bond donors (Lipinski definition) is 1.